The summed E-state index contributed by atoms with van der Waals surface area (Å²) in [5, 5.41) is 12.5. The lowest BCUT2D eigenvalue weighted by Crippen LogP contribution is -2.49. The Kier molecular flexibility index (Phi) is 3.48. The lowest BCUT2D eigenvalue weighted by atomic mass is 9.97. The summed E-state index contributed by atoms with van der Waals surface area (Å²) in [5.41, 5.74) is 1.28. The molecule has 1 saturated carbocycles. The zero-order valence-electron chi connectivity index (χ0n) is 10.2. The monoisotopic (exact) mass is 233 g/mol. The zero-order chi connectivity index (χ0) is 12.3. The fraction of sp³-hybridized carbons (Fsp3) is 0.500. The highest BCUT2D eigenvalue weighted by Crippen LogP contribution is 2.29. The summed E-state index contributed by atoms with van der Waals surface area (Å²) in [6.45, 7) is 1.96. The number of carbonyl (C=O) groups is 1. The van der Waals surface area contributed by atoms with Crippen LogP contribution in [0.2, 0.25) is 0 Å². The van der Waals surface area contributed by atoms with E-state index in [1.807, 2.05) is 31.2 Å². The van der Waals surface area contributed by atoms with Gasteiger partial charge in [-0.2, -0.15) is 0 Å². The van der Waals surface area contributed by atoms with Gasteiger partial charge in [0.05, 0.1) is 12.1 Å². The van der Waals surface area contributed by atoms with Gasteiger partial charge >= 0.3 is 0 Å². The SMILES string of the molecule is Cc1ccccc1C(=O)NC1(CO)CCCC1. The van der Waals surface area contributed by atoms with Crippen molar-refractivity contribution in [2.24, 2.45) is 0 Å². The molecule has 0 aliphatic heterocycles. The van der Waals surface area contributed by atoms with E-state index in [1.54, 1.807) is 0 Å². The van der Waals surface area contributed by atoms with Crippen LogP contribution < -0.4 is 5.32 Å². The third-order valence-corrected chi connectivity index (χ3v) is 3.63. The standard InChI is InChI=1S/C14H19NO2/c1-11-6-2-3-7-12(11)13(17)15-14(10-16)8-4-5-9-14/h2-3,6-7,16H,4-5,8-10H2,1H3,(H,15,17). The van der Waals surface area contributed by atoms with Crippen molar-refractivity contribution in [2.75, 3.05) is 6.61 Å². The minimum atomic E-state index is -0.390. The van der Waals surface area contributed by atoms with Gasteiger partial charge in [0, 0.05) is 5.56 Å². The molecule has 1 aliphatic rings. The Morgan fingerprint density at radius 2 is 2.00 bits per heavy atom. The lowest BCUT2D eigenvalue weighted by molar-refractivity contribution is 0.0838. The highest BCUT2D eigenvalue weighted by atomic mass is 16.3. The number of aliphatic hydroxyl groups is 1. The van der Waals surface area contributed by atoms with Gasteiger partial charge in [0.25, 0.3) is 5.91 Å². The molecule has 2 N–H and O–H groups in total. The number of aryl methyl sites for hydroxylation is 1. The summed E-state index contributed by atoms with van der Waals surface area (Å²) in [4.78, 5) is 12.2. The number of benzene rings is 1. The van der Waals surface area contributed by atoms with Gasteiger partial charge in [-0.3, -0.25) is 4.79 Å². The summed E-state index contributed by atoms with van der Waals surface area (Å²) in [7, 11) is 0. The second-order valence-electron chi connectivity index (χ2n) is 4.91. The van der Waals surface area contributed by atoms with E-state index < -0.39 is 0 Å². The van der Waals surface area contributed by atoms with E-state index in [-0.39, 0.29) is 18.1 Å². The average molecular weight is 233 g/mol. The van der Waals surface area contributed by atoms with Gasteiger partial charge in [0.1, 0.15) is 0 Å². The van der Waals surface area contributed by atoms with Crippen LogP contribution in [-0.2, 0) is 0 Å². The van der Waals surface area contributed by atoms with Crippen molar-refractivity contribution in [3.05, 3.63) is 35.4 Å². The van der Waals surface area contributed by atoms with Crippen molar-refractivity contribution in [3.8, 4) is 0 Å². The van der Waals surface area contributed by atoms with E-state index in [9.17, 15) is 9.90 Å². The van der Waals surface area contributed by atoms with Crippen LogP contribution in [0.5, 0.6) is 0 Å². The third kappa shape index (κ3) is 2.50. The molecule has 17 heavy (non-hydrogen) atoms. The van der Waals surface area contributed by atoms with Gasteiger partial charge in [-0.25, -0.2) is 0 Å². The average Bonchev–Trinajstić information content (AvgIpc) is 2.79. The quantitative estimate of drug-likeness (QED) is 0.839. The van der Waals surface area contributed by atoms with Gasteiger partial charge in [-0.05, 0) is 31.4 Å². The molecule has 0 radical (unpaired) electrons. The van der Waals surface area contributed by atoms with Crippen LogP contribution in [0.3, 0.4) is 0 Å². The molecule has 0 saturated heterocycles. The second-order valence-corrected chi connectivity index (χ2v) is 4.91. The Balaban J connectivity index is 2.14. The molecule has 1 aliphatic carbocycles. The fourth-order valence-corrected chi connectivity index (χ4v) is 2.51. The second kappa shape index (κ2) is 4.88. The minimum Gasteiger partial charge on any atom is -0.394 e. The largest absolute Gasteiger partial charge is 0.394 e. The Bertz CT molecular complexity index is 408. The minimum absolute atomic E-state index is 0.0324. The Labute approximate surface area is 102 Å². The summed E-state index contributed by atoms with van der Waals surface area (Å²) in [5.74, 6) is -0.0703. The van der Waals surface area contributed by atoms with E-state index in [0.29, 0.717) is 5.56 Å². The number of hydrogen-bond acceptors (Lipinski definition) is 2. The predicted molar refractivity (Wildman–Crippen MR) is 66.9 cm³/mol. The smallest absolute Gasteiger partial charge is 0.252 e. The van der Waals surface area contributed by atoms with Crippen molar-refractivity contribution >= 4 is 5.91 Å². The number of aliphatic hydroxyl groups excluding tert-OH is 1. The first-order chi connectivity index (χ1) is 8.17. The van der Waals surface area contributed by atoms with Gasteiger partial charge in [0.2, 0.25) is 0 Å². The first-order valence-corrected chi connectivity index (χ1v) is 6.16. The fourth-order valence-electron chi connectivity index (χ4n) is 2.51. The first kappa shape index (κ1) is 12.1. The molecule has 92 valence electrons. The van der Waals surface area contributed by atoms with Gasteiger partial charge in [0.15, 0.2) is 0 Å². The van der Waals surface area contributed by atoms with E-state index >= 15 is 0 Å². The molecule has 3 heteroatoms. The van der Waals surface area contributed by atoms with E-state index in [2.05, 4.69) is 5.32 Å². The number of rotatable bonds is 3. The van der Waals surface area contributed by atoms with Crippen LogP contribution in [0.4, 0.5) is 0 Å². The van der Waals surface area contributed by atoms with Gasteiger partial charge in [-0.15, -0.1) is 0 Å². The van der Waals surface area contributed by atoms with Gasteiger partial charge < -0.3 is 10.4 Å². The Morgan fingerprint density at radius 3 is 2.59 bits per heavy atom. The molecule has 2 rings (SSSR count). The molecule has 0 heterocycles. The molecule has 0 unspecified atom stereocenters. The topological polar surface area (TPSA) is 49.3 Å². The van der Waals surface area contributed by atoms with Gasteiger partial charge in [-0.1, -0.05) is 31.0 Å². The maximum Gasteiger partial charge on any atom is 0.252 e. The van der Waals surface area contributed by atoms with Crippen LogP contribution in [0.25, 0.3) is 0 Å². The number of amides is 1. The normalized spacial score (nSPS) is 18.0. The molecule has 3 nitrogen and oxygen atoms in total. The van der Waals surface area contributed by atoms with Crippen molar-refractivity contribution < 1.29 is 9.90 Å². The van der Waals surface area contributed by atoms with Crippen molar-refractivity contribution in [2.45, 2.75) is 38.1 Å². The summed E-state index contributed by atoms with van der Waals surface area (Å²) >= 11 is 0. The third-order valence-electron chi connectivity index (χ3n) is 3.63. The highest BCUT2D eigenvalue weighted by Gasteiger charge is 2.34. The molecule has 0 aromatic heterocycles. The van der Waals surface area contributed by atoms with Crippen molar-refractivity contribution in [3.63, 3.8) is 0 Å². The summed E-state index contributed by atoms with van der Waals surface area (Å²) in [6.07, 6.45) is 3.91. The van der Waals surface area contributed by atoms with E-state index in [4.69, 9.17) is 0 Å². The molecule has 1 fully saturated rings. The Morgan fingerprint density at radius 1 is 1.35 bits per heavy atom. The summed E-state index contributed by atoms with van der Waals surface area (Å²) < 4.78 is 0. The number of hydrogen-bond donors (Lipinski definition) is 2. The first-order valence-electron chi connectivity index (χ1n) is 6.16. The van der Waals surface area contributed by atoms with E-state index in [0.717, 1.165) is 31.2 Å². The maximum atomic E-state index is 12.2. The zero-order valence-corrected chi connectivity index (χ0v) is 10.2. The van der Waals surface area contributed by atoms with E-state index in [1.165, 1.54) is 0 Å². The molecule has 1 amide bonds. The number of nitrogens with one attached hydrogen (secondary N) is 1. The lowest BCUT2D eigenvalue weighted by Gasteiger charge is -2.28. The van der Waals surface area contributed by atoms with Crippen LogP contribution in [0.1, 0.15) is 41.6 Å². The van der Waals surface area contributed by atoms with Crippen molar-refractivity contribution in [1.82, 2.24) is 5.32 Å². The molecule has 0 spiro atoms. The Hall–Kier alpha value is -1.35. The molecular weight excluding hydrogens is 214 g/mol. The summed E-state index contributed by atoms with van der Waals surface area (Å²) in [6, 6.07) is 7.53. The van der Waals surface area contributed by atoms with Crippen molar-refractivity contribution in [1.29, 1.82) is 0 Å². The maximum absolute atomic E-state index is 12.2. The van der Waals surface area contributed by atoms with Crippen LogP contribution in [-0.4, -0.2) is 23.2 Å². The number of carbonyl (C=O) groups excluding carboxylic acids is 1. The van der Waals surface area contributed by atoms with Crippen LogP contribution in [0.15, 0.2) is 24.3 Å². The molecule has 0 bridgehead atoms. The van der Waals surface area contributed by atoms with Crippen LogP contribution >= 0.6 is 0 Å². The molecule has 1 aromatic carbocycles. The highest BCUT2D eigenvalue weighted by molar-refractivity contribution is 5.96. The predicted octanol–water partition coefficient (Wildman–Crippen LogP) is 2.03. The molecular formula is C14H19NO2. The molecule has 0 atom stereocenters. The van der Waals surface area contributed by atoms with Crippen LogP contribution in [0, 0.1) is 6.92 Å². The molecule has 1 aromatic rings.